The molecule has 0 radical (unpaired) electrons. The van der Waals surface area contributed by atoms with Gasteiger partial charge >= 0.3 is 0 Å². The van der Waals surface area contributed by atoms with Gasteiger partial charge in [-0.3, -0.25) is 0 Å². The summed E-state index contributed by atoms with van der Waals surface area (Å²) in [5.41, 5.74) is 0.339. The van der Waals surface area contributed by atoms with Crippen LogP contribution < -0.4 is 0 Å². The third-order valence-corrected chi connectivity index (χ3v) is 1.45. The standard InChI is InChI=1S/C5H4Cl2N2O/c6-3-1-5(7)9-8-4(3)2-10/h1,10H,2H2. The topological polar surface area (TPSA) is 46.0 Å². The maximum atomic E-state index is 8.58. The van der Waals surface area contributed by atoms with Crippen LogP contribution in [0.15, 0.2) is 6.07 Å². The van der Waals surface area contributed by atoms with Gasteiger partial charge in [-0.25, -0.2) is 0 Å². The number of aliphatic hydroxyl groups excluding tert-OH is 1. The lowest BCUT2D eigenvalue weighted by atomic mass is 10.4. The SMILES string of the molecule is OCc1nnc(Cl)cc1Cl. The van der Waals surface area contributed by atoms with Gasteiger partial charge in [0.25, 0.3) is 0 Å². The van der Waals surface area contributed by atoms with Gasteiger partial charge in [-0.1, -0.05) is 23.2 Å². The first kappa shape index (κ1) is 7.72. The van der Waals surface area contributed by atoms with Crippen LogP contribution in [-0.2, 0) is 6.61 Å². The molecule has 0 saturated heterocycles. The molecule has 1 aromatic rings. The minimum absolute atomic E-state index is 0.219. The minimum atomic E-state index is -0.219. The lowest BCUT2D eigenvalue weighted by Crippen LogP contribution is -1.93. The Morgan fingerprint density at radius 3 is 2.60 bits per heavy atom. The minimum Gasteiger partial charge on any atom is -0.390 e. The van der Waals surface area contributed by atoms with E-state index in [4.69, 9.17) is 28.3 Å². The van der Waals surface area contributed by atoms with Crippen LogP contribution in [0, 0.1) is 0 Å². The first-order chi connectivity index (χ1) is 4.74. The summed E-state index contributed by atoms with van der Waals surface area (Å²) in [5, 5.41) is 16.2. The molecule has 0 saturated carbocycles. The highest BCUT2D eigenvalue weighted by atomic mass is 35.5. The van der Waals surface area contributed by atoms with Crippen LogP contribution in [0.4, 0.5) is 0 Å². The highest BCUT2D eigenvalue weighted by Crippen LogP contribution is 2.15. The van der Waals surface area contributed by atoms with Crippen LogP contribution in [0.5, 0.6) is 0 Å². The van der Waals surface area contributed by atoms with Crippen molar-refractivity contribution in [2.45, 2.75) is 6.61 Å². The normalized spacial score (nSPS) is 9.90. The van der Waals surface area contributed by atoms with Crippen LogP contribution in [0.2, 0.25) is 10.2 Å². The Kier molecular flexibility index (Phi) is 2.43. The van der Waals surface area contributed by atoms with E-state index in [1.54, 1.807) is 0 Å². The molecule has 0 fully saturated rings. The van der Waals surface area contributed by atoms with Crippen molar-refractivity contribution in [3.63, 3.8) is 0 Å². The number of hydrogen-bond donors (Lipinski definition) is 1. The number of rotatable bonds is 1. The van der Waals surface area contributed by atoms with Crippen LogP contribution in [0.1, 0.15) is 5.69 Å². The van der Waals surface area contributed by atoms with Crippen molar-refractivity contribution in [1.82, 2.24) is 10.2 Å². The molecule has 0 unspecified atom stereocenters. The quantitative estimate of drug-likeness (QED) is 0.706. The molecule has 1 heterocycles. The van der Waals surface area contributed by atoms with Gasteiger partial charge < -0.3 is 5.11 Å². The third kappa shape index (κ3) is 1.56. The summed E-state index contributed by atoms with van der Waals surface area (Å²) in [6.45, 7) is -0.219. The molecule has 1 rings (SSSR count). The van der Waals surface area contributed by atoms with Crippen molar-refractivity contribution in [2.75, 3.05) is 0 Å². The van der Waals surface area contributed by atoms with E-state index < -0.39 is 0 Å². The molecule has 54 valence electrons. The van der Waals surface area contributed by atoms with E-state index in [1.807, 2.05) is 0 Å². The van der Waals surface area contributed by atoms with Crippen LogP contribution >= 0.6 is 23.2 Å². The van der Waals surface area contributed by atoms with E-state index in [-0.39, 0.29) is 11.8 Å². The van der Waals surface area contributed by atoms with Crippen molar-refractivity contribution in [1.29, 1.82) is 0 Å². The molecule has 3 nitrogen and oxygen atoms in total. The lowest BCUT2D eigenvalue weighted by Gasteiger charge is -1.95. The zero-order valence-corrected chi connectivity index (χ0v) is 6.39. The average Bonchev–Trinajstić information content (AvgIpc) is 1.88. The molecule has 0 aliphatic heterocycles. The van der Waals surface area contributed by atoms with Crippen LogP contribution in [0.25, 0.3) is 0 Å². The average molecular weight is 179 g/mol. The van der Waals surface area contributed by atoms with Gasteiger partial charge in [0.05, 0.1) is 11.6 Å². The third-order valence-electron chi connectivity index (χ3n) is 0.938. The fraction of sp³-hybridized carbons (Fsp3) is 0.200. The highest BCUT2D eigenvalue weighted by molar-refractivity contribution is 6.34. The van der Waals surface area contributed by atoms with E-state index in [1.165, 1.54) is 6.07 Å². The predicted octanol–water partition coefficient (Wildman–Crippen LogP) is 1.28. The molecule has 0 bridgehead atoms. The van der Waals surface area contributed by atoms with Gasteiger partial charge in [0.1, 0.15) is 5.69 Å². The predicted molar refractivity (Wildman–Crippen MR) is 38.0 cm³/mol. The molecular formula is C5H4Cl2N2O. The summed E-state index contributed by atoms with van der Waals surface area (Å²) in [6.07, 6.45) is 0. The second kappa shape index (κ2) is 3.14. The largest absolute Gasteiger partial charge is 0.390 e. The summed E-state index contributed by atoms with van der Waals surface area (Å²) in [5.74, 6) is 0. The summed E-state index contributed by atoms with van der Waals surface area (Å²) in [6, 6.07) is 1.43. The first-order valence-electron chi connectivity index (χ1n) is 2.52. The number of nitrogens with zero attached hydrogens (tertiary/aromatic N) is 2. The van der Waals surface area contributed by atoms with E-state index in [0.717, 1.165) is 0 Å². The van der Waals surface area contributed by atoms with E-state index in [0.29, 0.717) is 10.7 Å². The molecule has 0 aliphatic rings. The van der Waals surface area contributed by atoms with Gasteiger partial charge in [0.2, 0.25) is 0 Å². The van der Waals surface area contributed by atoms with Crippen LogP contribution in [0.3, 0.4) is 0 Å². The molecule has 0 aliphatic carbocycles. The van der Waals surface area contributed by atoms with Crippen molar-refractivity contribution < 1.29 is 5.11 Å². The molecule has 1 aromatic heterocycles. The molecule has 0 atom stereocenters. The Balaban J connectivity index is 3.07. The Labute approximate surface area is 67.6 Å². The Hall–Kier alpha value is -0.380. The molecule has 0 amide bonds. The van der Waals surface area contributed by atoms with E-state index in [2.05, 4.69) is 10.2 Å². The van der Waals surface area contributed by atoms with Gasteiger partial charge in [-0.05, 0) is 6.07 Å². The highest BCUT2D eigenvalue weighted by Gasteiger charge is 2.00. The summed E-state index contributed by atoms with van der Waals surface area (Å²) >= 11 is 11.0. The summed E-state index contributed by atoms with van der Waals surface area (Å²) in [4.78, 5) is 0. The number of hydrogen-bond acceptors (Lipinski definition) is 3. The monoisotopic (exact) mass is 178 g/mol. The molecule has 0 aromatic carbocycles. The zero-order valence-electron chi connectivity index (χ0n) is 4.88. The Morgan fingerprint density at radius 1 is 1.40 bits per heavy atom. The van der Waals surface area contributed by atoms with Gasteiger partial charge in [0, 0.05) is 0 Å². The number of halogens is 2. The smallest absolute Gasteiger partial charge is 0.153 e. The molecule has 5 heteroatoms. The zero-order chi connectivity index (χ0) is 7.56. The second-order valence-corrected chi connectivity index (χ2v) is 2.41. The first-order valence-corrected chi connectivity index (χ1v) is 3.28. The van der Waals surface area contributed by atoms with Crippen molar-refractivity contribution in [3.8, 4) is 0 Å². The molecule has 0 spiro atoms. The van der Waals surface area contributed by atoms with Gasteiger partial charge in [-0.2, -0.15) is 5.10 Å². The van der Waals surface area contributed by atoms with Crippen LogP contribution in [-0.4, -0.2) is 15.3 Å². The van der Waals surface area contributed by atoms with Gasteiger partial charge in [0.15, 0.2) is 5.15 Å². The second-order valence-electron chi connectivity index (χ2n) is 1.62. The summed E-state index contributed by atoms with van der Waals surface area (Å²) < 4.78 is 0. The van der Waals surface area contributed by atoms with Crippen molar-refractivity contribution in [3.05, 3.63) is 21.9 Å². The number of aliphatic hydroxyl groups is 1. The number of aromatic nitrogens is 2. The molecular weight excluding hydrogens is 175 g/mol. The Morgan fingerprint density at radius 2 is 2.10 bits per heavy atom. The maximum Gasteiger partial charge on any atom is 0.153 e. The van der Waals surface area contributed by atoms with E-state index in [9.17, 15) is 0 Å². The molecule has 1 N–H and O–H groups in total. The van der Waals surface area contributed by atoms with Crippen molar-refractivity contribution in [2.24, 2.45) is 0 Å². The summed E-state index contributed by atoms with van der Waals surface area (Å²) in [7, 11) is 0. The van der Waals surface area contributed by atoms with Gasteiger partial charge in [-0.15, -0.1) is 5.10 Å². The fourth-order valence-corrected chi connectivity index (χ4v) is 0.883. The fourth-order valence-electron chi connectivity index (χ4n) is 0.480. The Bertz CT molecular complexity index is 241. The molecule has 10 heavy (non-hydrogen) atoms. The maximum absolute atomic E-state index is 8.58. The van der Waals surface area contributed by atoms with E-state index >= 15 is 0 Å². The lowest BCUT2D eigenvalue weighted by molar-refractivity contribution is 0.275. The van der Waals surface area contributed by atoms with Crippen molar-refractivity contribution >= 4 is 23.2 Å².